The molecule has 2 N–H and O–H groups in total. The normalized spacial score (nSPS) is 34.2. The van der Waals surface area contributed by atoms with Crippen molar-refractivity contribution in [2.45, 2.75) is 38.3 Å². The molecule has 25 heavy (non-hydrogen) atoms. The minimum atomic E-state index is -0.785. The van der Waals surface area contributed by atoms with Gasteiger partial charge in [-0.3, -0.25) is 4.79 Å². The Bertz CT molecular complexity index is 640. The number of nitrogens with two attached hydrogens (primary N) is 1. The number of fused-ring (bicyclic) bond motifs is 1. The molecule has 3 atom stereocenters. The first-order chi connectivity index (χ1) is 12.0. The van der Waals surface area contributed by atoms with Crippen molar-refractivity contribution in [3.63, 3.8) is 0 Å². The van der Waals surface area contributed by atoms with E-state index in [2.05, 4.69) is 43.0 Å². The number of carbonyl (C=O) groups excluding carboxylic acids is 1. The van der Waals surface area contributed by atoms with Crippen molar-refractivity contribution in [3.05, 3.63) is 30.3 Å². The highest BCUT2D eigenvalue weighted by Gasteiger charge is 2.70. The minimum absolute atomic E-state index is 0.122. The van der Waals surface area contributed by atoms with Crippen LogP contribution in [0.25, 0.3) is 0 Å². The lowest BCUT2D eigenvalue weighted by molar-refractivity contribution is -0.230. The van der Waals surface area contributed by atoms with Crippen LogP contribution in [0.2, 0.25) is 0 Å². The van der Waals surface area contributed by atoms with E-state index in [0.29, 0.717) is 0 Å². The monoisotopic (exact) mass is 343 g/mol. The van der Waals surface area contributed by atoms with E-state index in [1.54, 1.807) is 0 Å². The van der Waals surface area contributed by atoms with Crippen molar-refractivity contribution in [2.75, 3.05) is 37.7 Å². The van der Waals surface area contributed by atoms with E-state index >= 15 is 0 Å². The zero-order chi connectivity index (χ0) is 17.7. The molecule has 3 aliphatic rings. The van der Waals surface area contributed by atoms with Gasteiger partial charge in [0.15, 0.2) is 0 Å². The number of benzene rings is 1. The lowest BCUT2D eigenvalue weighted by Crippen LogP contribution is -2.82. The van der Waals surface area contributed by atoms with Crippen LogP contribution in [-0.4, -0.2) is 55.2 Å². The first-order valence-electron chi connectivity index (χ1n) is 9.46. The number of carbonyl (C=O) groups is 1. The van der Waals surface area contributed by atoms with E-state index in [1.165, 1.54) is 5.69 Å². The van der Waals surface area contributed by atoms with Crippen molar-refractivity contribution >= 4 is 11.6 Å². The fraction of sp³-hybridized carbons (Fsp3) is 0.650. The number of nitrogens with zero attached hydrogens (tertiary/aromatic N) is 2. The summed E-state index contributed by atoms with van der Waals surface area (Å²) in [6.45, 7) is 8.18. The third kappa shape index (κ3) is 2.40. The fourth-order valence-corrected chi connectivity index (χ4v) is 5.08. The molecule has 2 heterocycles. The number of hydrogen-bond donors (Lipinski definition) is 1. The largest absolute Gasteiger partial charge is 0.377 e. The second-order valence-electron chi connectivity index (χ2n) is 8.25. The molecule has 1 amide bonds. The van der Waals surface area contributed by atoms with Gasteiger partial charge in [0.1, 0.15) is 5.54 Å². The van der Waals surface area contributed by atoms with Gasteiger partial charge in [-0.05, 0) is 25.0 Å². The highest BCUT2D eigenvalue weighted by Crippen LogP contribution is 2.58. The van der Waals surface area contributed by atoms with Crippen LogP contribution in [0.4, 0.5) is 5.69 Å². The summed E-state index contributed by atoms with van der Waals surface area (Å²) in [7, 11) is 0. The van der Waals surface area contributed by atoms with Crippen molar-refractivity contribution in [2.24, 2.45) is 17.1 Å². The van der Waals surface area contributed by atoms with E-state index in [1.807, 2.05) is 11.0 Å². The molecule has 5 nitrogen and oxygen atoms in total. The Hall–Kier alpha value is -1.59. The van der Waals surface area contributed by atoms with Gasteiger partial charge in [0, 0.05) is 49.8 Å². The summed E-state index contributed by atoms with van der Waals surface area (Å²) in [5.41, 5.74) is 6.91. The van der Waals surface area contributed by atoms with E-state index in [9.17, 15) is 4.79 Å². The summed E-state index contributed by atoms with van der Waals surface area (Å²) in [6.07, 6.45) is 2.13. The number of para-hydroxylation sites is 1. The molecule has 1 aliphatic carbocycles. The Labute approximate surface area is 150 Å². The standard InChI is InChI=1S/C20H29N3O2/c1-19(2)17-16(9-6-14-25-17)20(19,21)18(24)23-12-10-22(11-13-23)15-7-4-3-5-8-15/h3-5,7-8,16-17H,6,9-14,21H2,1-2H3. The maximum Gasteiger partial charge on any atom is 0.243 e. The minimum Gasteiger partial charge on any atom is -0.377 e. The molecule has 1 saturated carbocycles. The number of amides is 1. The molecule has 3 fully saturated rings. The molecule has 0 radical (unpaired) electrons. The van der Waals surface area contributed by atoms with Crippen LogP contribution >= 0.6 is 0 Å². The first kappa shape index (κ1) is 16.9. The number of piperazine rings is 1. The van der Waals surface area contributed by atoms with Gasteiger partial charge in [-0.15, -0.1) is 0 Å². The molecule has 2 saturated heterocycles. The molecule has 136 valence electrons. The second-order valence-corrected chi connectivity index (χ2v) is 8.25. The Kier molecular flexibility index (Phi) is 4.04. The van der Waals surface area contributed by atoms with Crippen molar-refractivity contribution in [3.8, 4) is 0 Å². The van der Waals surface area contributed by atoms with Crippen molar-refractivity contribution in [1.82, 2.24) is 4.90 Å². The van der Waals surface area contributed by atoms with Crippen LogP contribution in [0.15, 0.2) is 30.3 Å². The topological polar surface area (TPSA) is 58.8 Å². The second kappa shape index (κ2) is 5.99. The molecule has 1 aromatic carbocycles. The third-order valence-electron chi connectivity index (χ3n) is 6.73. The van der Waals surface area contributed by atoms with Crippen LogP contribution in [-0.2, 0) is 9.53 Å². The van der Waals surface area contributed by atoms with E-state index < -0.39 is 5.54 Å². The average molecular weight is 343 g/mol. The van der Waals surface area contributed by atoms with Gasteiger partial charge in [-0.2, -0.15) is 0 Å². The Morgan fingerprint density at radius 3 is 2.52 bits per heavy atom. The molecule has 5 heteroatoms. The SMILES string of the molecule is CC1(C)C2OCCCC2C1(N)C(=O)N1CCN(c2ccccc2)CC1. The molecule has 0 spiro atoms. The molecule has 3 unspecified atom stereocenters. The molecule has 1 aromatic rings. The smallest absolute Gasteiger partial charge is 0.243 e. The van der Waals surface area contributed by atoms with Gasteiger partial charge in [0.2, 0.25) is 5.91 Å². The quantitative estimate of drug-likeness (QED) is 0.891. The Morgan fingerprint density at radius 1 is 1.16 bits per heavy atom. The van der Waals surface area contributed by atoms with Crippen LogP contribution in [0.3, 0.4) is 0 Å². The zero-order valence-electron chi connectivity index (χ0n) is 15.3. The van der Waals surface area contributed by atoms with E-state index in [0.717, 1.165) is 45.6 Å². The van der Waals surface area contributed by atoms with Gasteiger partial charge in [0.05, 0.1) is 6.10 Å². The highest BCUT2D eigenvalue weighted by atomic mass is 16.5. The number of anilines is 1. The summed E-state index contributed by atoms with van der Waals surface area (Å²) in [6, 6.07) is 10.4. The van der Waals surface area contributed by atoms with Gasteiger partial charge in [0.25, 0.3) is 0 Å². The van der Waals surface area contributed by atoms with Crippen LogP contribution in [0, 0.1) is 11.3 Å². The predicted octanol–water partition coefficient (Wildman–Crippen LogP) is 1.87. The van der Waals surface area contributed by atoms with Crippen molar-refractivity contribution < 1.29 is 9.53 Å². The van der Waals surface area contributed by atoms with Crippen LogP contribution in [0.5, 0.6) is 0 Å². The first-order valence-corrected chi connectivity index (χ1v) is 9.46. The zero-order valence-corrected chi connectivity index (χ0v) is 15.3. The highest BCUT2D eigenvalue weighted by molar-refractivity contribution is 5.89. The van der Waals surface area contributed by atoms with Gasteiger partial charge >= 0.3 is 0 Å². The molecular weight excluding hydrogens is 314 g/mol. The molecule has 2 aliphatic heterocycles. The summed E-state index contributed by atoms with van der Waals surface area (Å²) >= 11 is 0. The van der Waals surface area contributed by atoms with Crippen LogP contribution < -0.4 is 10.6 Å². The van der Waals surface area contributed by atoms with Gasteiger partial charge in [-0.25, -0.2) is 0 Å². The van der Waals surface area contributed by atoms with E-state index in [4.69, 9.17) is 10.5 Å². The van der Waals surface area contributed by atoms with Crippen LogP contribution in [0.1, 0.15) is 26.7 Å². The molecular formula is C20H29N3O2. The maximum absolute atomic E-state index is 13.3. The third-order valence-corrected chi connectivity index (χ3v) is 6.73. The molecule has 4 rings (SSSR count). The Balaban J connectivity index is 1.45. The average Bonchev–Trinajstić information content (AvgIpc) is 2.67. The fourth-order valence-electron chi connectivity index (χ4n) is 5.08. The summed E-state index contributed by atoms with van der Waals surface area (Å²) < 4.78 is 5.94. The van der Waals surface area contributed by atoms with Gasteiger partial charge in [-0.1, -0.05) is 32.0 Å². The van der Waals surface area contributed by atoms with Crippen molar-refractivity contribution in [1.29, 1.82) is 0 Å². The molecule has 0 aromatic heterocycles. The number of hydrogen-bond acceptors (Lipinski definition) is 4. The number of rotatable bonds is 2. The molecule has 0 bridgehead atoms. The van der Waals surface area contributed by atoms with E-state index in [-0.39, 0.29) is 23.3 Å². The number of ether oxygens (including phenoxy) is 1. The Morgan fingerprint density at radius 2 is 1.84 bits per heavy atom. The summed E-state index contributed by atoms with van der Waals surface area (Å²) in [4.78, 5) is 17.7. The maximum atomic E-state index is 13.3. The summed E-state index contributed by atoms with van der Waals surface area (Å²) in [5.74, 6) is 0.285. The lowest BCUT2D eigenvalue weighted by Gasteiger charge is -2.66. The predicted molar refractivity (Wildman–Crippen MR) is 98.4 cm³/mol. The summed E-state index contributed by atoms with van der Waals surface area (Å²) in [5, 5.41) is 0. The van der Waals surface area contributed by atoms with Gasteiger partial charge < -0.3 is 20.3 Å². The lowest BCUT2D eigenvalue weighted by atomic mass is 9.46.